The van der Waals surface area contributed by atoms with Crippen molar-refractivity contribution in [2.75, 3.05) is 6.61 Å². The van der Waals surface area contributed by atoms with Gasteiger partial charge in [-0.25, -0.2) is 4.68 Å². The number of hydrogen-bond donors (Lipinski definition) is 1. The van der Waals surface area contributed by atoms with Crippen molar-refractivity contribution in [2.24, 2.45) is 0 Å². The number of pyridine rings is 1. The Balaban J connectivity index is 2.15. The van der Waals surface area contributed by atoms with Crippen LogP contribution in [0.25, 0.3) is 16.6 Å². The largest absolute Gasteiger partial charge is 0.396 e. The lowest BCUT2D eigenvalue weighted by Crippen LogP contribution is -1.98. The van der Waals surface area contributed by atoms with E-state index in [9.17, 15) is 0 Å². The molecule has 3 aromatic rings. The average Bonchev–Trinajstić information content (AvgIpc) is 2.87. The van der Waals surface area contributed by atoms with Crippen molar-refractivity contribution in [3.05, 3.63) is 47.9 Å². The molecule has 2 aromatic heterocycles. The molecule has 1 aromatic carbocycles. The first-order chi connectivity index (χ1) is 9.28. The lowest BCUT2D eigenvalue weighted by atomic mass is 10.2. The third kappa shape index (κ3) is 2.20. The summed E-state index contributed by atoms with van der Waals surface area (Å²) in [4.78, 5) is 4.57. The van der Waals surface area contributed by atoms with Gasteiger partial charge in [0.15, 0.2) is 0 Å². The van der Waals surface area contributed by atoms with E-state index < -0.39 is 0 Å². The van der Waals surface area contributed by atoms with E-state index in [-0.39, 0.29) is 6.61 Å². The van der Waals surface area contributed by atoms with Crippen LogP contribution in [0.15, 0.2) is 36.5 Å². The maximum atomic E-state index is 8.92. The van der Waals surface area contributed by atoms with Crippen LogP contribution in [0, 0.1) is 6.92 Å². The summed E-state index contributed by atoms with van der Waals surface area (Å²) in [6.07, 6.45) is 2.34. The van der Waals surface area contributed by atoms with Gasteiger partial charge in [0.05, 0.1) is 23.1 Å². The smallest absolute Gasteiger partial charge is 0.0962 e. The number of hydrogen-bond acceptors (Lipinski definition) is 4. The number of benzene rings is 1. The number of rotatable bonds is 3. The Labute approximate surface area is 110 Å². The zero-order chi connectivity index (χ0) is 13.2. The fraction of sp³-hybridized carbons (Fsp3) is 0.214. The number of aliphatic hydroxyl groups excluding tert-OH is 1. The van der Waals surface area contributed by atoms with Crippen molar-refractivity contribution >= 4 is 10.9 Å². The second kappa shape index (κ2) is 4.78. The van der Waals surface area contributed by atoms with E-state index in [1.54, 1.807) is 4.68 Å². The van der Waals surface area contributed by atoms with Crippen LogP contribution >= 0.6 is 0 Å². The monoisotopic (exact) mass is 254 g/mol. The third-order valence-corrected chi connectivity index (χ3v) is 2.99. The highest BCUT2D eigenvalue weighted by molar-refractivity contribution is 5.86. The Kier molecular flexibility index (Phi) is 2.97. The predicted octanol–water partition coefficient (Wildman–Crippen LogP) is 1.66. The van der Waals surface area contributed by atoms with Crippen molar-refractivity contribution in [2.45, 2.75) is 13.3 Å². The molecular weight excluding hydrogens is 240 g/mol. The molecule has 96 valence electrons. The van der Waals surface area contributed by atoms with E-state index in [2.05, 4.69) is 15.3 Å². The molecule has 0 spiro atoms. The molecule has 1 N–H and O–H groups in total. The minimum atomic E-state index is 0.0750. The summed E-state index contributed by atoms with van der Waals surface area (Å²) >= 11 is 0. The molecule has 0 fully saturated rings. The standard InChI is InChI=1S/C14H14N4O/c1-10-5-6-11-3-2-4-13(14(11)15-10)18-9-12(7-8-19)16-17-18/h2-6,9,19H,7-8H2,1H3. The van der Waals surface area contributed by atoms with Crippen LogP contribution in [-0.4, -0.2) is 31.7 Å². The lowest BCUT2D eigenvalue weighted by molar-refractivity contribution is 0.298. The second-order valence-corrected chi connectivity index (χ2v) is 4.43. The minimum Gasteiger partial charge on any atom is -0.396 e. The number of aromatic nitrogens is 4. The van der Waals surface area contributed by atoms with Crippen LogP contribution in [0.4, 0.5) is 0 Å². The topological polar surface area (TPSA) is 63.8 Å². The Morgan fingerprint density at radius 3 is 2.95 bits per heavy atom. The van der Waals surface area contributed by atoms with Gasteiger partial charge < -0.3 is 5.11 Å². The summed E-state index contributed by atoms with van der Waals surface area (Å²) in [6.45, 7) is 2.04. The van der Waals surface area contributed by atoms with Gasteiger partial charge in [-0.15, -0.1) is 5.10 Å². The number of aryl methyl sites for hydroxylation is 1. The van der Waals surface area contributed by atoms with Gasteiger partial charge >= 0.3 is 0 Å². The van der Waals surface area contributed by atoms with Crippen molar-refractivity contribution in [3.8, 4) is 5.69 Å². The zero-order valence-electron chi connectivity index (χ0n) is 10.6. The van der Waals surface area contributed by atoms with Crippen LogP contribution in [0.5, 0.6) is 0 Å². The molecule has 0 saturated carbocycles. The first kappa shape index (κ1) is 11.8. The Hall–Kier alpha value is -2.27. The van der Waals surface area contributed by atoms with Crippen molar-refractivity contribution in [1.82, 2.24) is 20.0 Å². The highest BCUT2D eigenvalue weighted by Gasteiger charge is 2.07. The molecule has 2 heterocycles. The zero-order valence-corrected chi connectivity index (χ0v) is 10.6. The lowest BCUT2D eigenvalue weighted by Gasteiger charge is -2.05. The predicted molar refractivity (Wildman–Crippen MR) is 72.2 cm³/mol. The Bertz CT molecular complexity index is 720. The molecule has 0 radical (unpaired) electrons. The van der Waals surface area contributed by atoms with Crippen molar-refractivity contribution in [1.29, 1.82) is 0 Å². The Morgan fingerprint density at radius 1 is 1.21 bits per heavy atom. The molecule has 0 saturated heterocycles. The molecule has 0 aliphatic rings. The first-order valence-corrected chi connectivity index (χ1v) is 6.17. The number of nitrogens with zero attached hydrogens (tertiary/aromatic N) is 4. The van der Waals surface area contributed by atoms with Crippen LogP contribution in [0.1, 0.15) is 11.4 Å². The van der Waals surface area contributed by atoms with E-state index in [1.807, 2.05) is 43.5 Å². The van der Waals surface area contributed by atoms with Crippen molar-refractivity contribution in [3.63, 3.8) is 0 Å². The SMILES string of the molecule is Cc1ccc2cccc(-n3cc(CCO)nn3)c2n1. The molecule has 0 aliphatic carbocycles. The average molecular weight is 254 g/mol. The van der Waals surface area contributed by atoms with Gasteiger partial charge in [-0.3, -0.25) is 4.98 Å². The summed E-state index contributed by atoms with van der Waals surface area (Å²) in [5, 5.41) is 18.1. The highest BCUT2D eigenvalue weighted by atomic mass is 16.3. The van der Waals surface area contributed by atoms with Gasteiger partial charge in [0.1, 0.15) is 0 Å². The highest BCUT2D eigenvalue weighted by Crippen LogP contribution is 2.20. The summed E-state index contributed by atoms with van der Waals surface area (Å²) in [6, 6.07) is 10.0. The van der Waals surface area contributed by atoms with E-state index in [4.69, 9.17) is 5.11 Å². The van der Waals surface area contributed by atoms with E-state index >= 15 is 0 Å². The number of fused-ring (bicyclic) bond motifs is 1. The second-order valence-electron chi connectivity index (χ2n) is 4.43. The maximum absolute atomic E-state index is 8.92. The van der Waals surface area contributed by atoms with Gasteiger partial charge in [0, 0.05) is 24.1 Å². The number of para-hydroxylation sites is 1. The molecule has 0 bridgehead atoms. The third-order valence-electron chi connectivity index (χ3n) is 2.99. The molecule has 0 atom stereocenters. The normalized spacial score (nSPS) is 11.1. The fourth-order valence-corrected chi connectivity index (χ4v) is 2.06. The number of aliphatic hydroxyl groups is 1. The molecule has 0 unspecified atom stereocenters. The molecular formula is C14H14N4O. The molecule has 0 aliphatic heterocycles. The van der Waals surface area contributed by atoms with Gasteiger partial charge in [0.25, 0.3) is 0 Å². The first-order valence-electron chi connectivity index (χ1n) is 6.17. The molecule has 5 heteroatoms. The summed E-state index contributed by atoms with van der Waals surface area (Å²) < 4.78 is 1.71. The van der Waals surface area contributed by atoms with Gasteiger partial charge in [0.2, 0.25) is 0 Å². The Morgan fingerprint density at radius 2 is 2.11 bits per heavy atom. The van der Waals surface area contributed by atoms with Crippen LogP contribution in [0.2, 0.25) is 0 Å². The van der Waals surface area contributed by atoms with Gasteiger partial charge in [-0.05, 0) is 19.1 Å². The maximum Gasteiger partial charge on any atom is 0.0962 e. The molecule has 5 nitrogen and oxygen atoms in total. The quantitative estimate of drug-likeness (QED) is 0.772. The molecule has 0 amide bonds. The molecule has 3 rings (SSSR count). The van der Waals surface area contributed by atoms with Gasteiger partial charge in [-0.2, -0.15) is 0 Å². The van der Waals surface area contributed by atoms with Crippen molar-refractivity contribution < 1.29 is 5.11 Å². The summed E-state index contributed by atoms with van der Waals surface area (Å²) in [5.41, 5.74) is 3.55. The van der Waals surface area contributed by atoms with E-state index in [1.165, 1.54) is 0 Å². The minimum absolute atomic E-state index is 0.0750. The molecule has 19 heavy (non-hydrogen) atoms. The summed E-state index contributed by atoms with van der Waals surface area (Å²) in [5.74, 6) is 0. The fourth-order valence-electron chi connectivity index (χ4n) is 2.06. The van der Waals surface area contributed by atoms with E-state index in [0.29, 0.717) is 6.42 Å². The van der Waals surface area contributed by atoms with Gasteiger partial charge in [-0.1, -0.05) is 23.4 Å². The van der Waals surface area contributed by atoms with Crippen LogP contribution in [0.3, 0.4) is 0 Å². The van der Waals surface area contributed by atoms with Crippen LogP contribution < -0.4 is 0 Å². The van der Waals surface area contributed by atoms with Crippen LogP contribution in [-0.2, 0) is 6.42 Å². The van der Waals surface area contributed by atoms with E-state index in [0.717, 1.165) is 28.0 Å². The summed E-state index contributed by atoms with van der Waals surface area (Å²) in [7, 11) is 0.